The lowest BCUT2D eigenvalue weighted by atomic mass is 10.1. The third-order valence-corrected chi connectivity index (χ3v) is 3.42. The SMILES string of the molecule is CCN(Cc1cccc([N+](=O)[O-])c1NC)C1CC1. The van der Waals surface area contributed by atoms with Crippen LogP contribution in [0, 0.1) is 10.1 Å². The second-order valence-electron chi connectivity index (χ2n) is 4.61. The van der Waals surface area contributed by atoms with Crippen LogP contribution in [0.1, 0.15) is 25.3 Å². The summed E-state index contributed by atoms with van der Waals surface area (Å²) in [5.41, 5.74) is 1.80. The predicted octanol–water partition coefficient (Wildman–Crippen LogP) is 2.62. The Kier molecular flexibility index (Phi) is 3.81. The standard InChI is InChI=1S/C13H19N3O2/c1-3-15(11-7-8-11)9-10-5-4-6-12(16(17)18)13(10)14-2/h4-6,11,14H,3,7-9H2,1-2H3. The number of para-hydroxylation sites is 1. The Morgan fingerprint density at radius 1 is 1.50 bits per heavy atom. The summed E-state index contributed by atoms with van der Waals surface area (Å²) < 4.78 is 0. The summed E-state index contributed by atoms with van der Waals surface area (Å²) in [6.07, 6.45) is 2.50. The fourth-order valence-corrected chi connectivity index (χ4v) is 2.32. The van der Waals surface area contributed by atoms with E-state index < -0.39 is 0 Å². The fraction of sp³-hybridized carbons (Fsp3) is 0.538. The molecular weight excluding hydrogens is 230 g/mol. The van der Waals surface area contributed by atoms with Gasteiger partial charge >= 0.3 is 0 Å². The molecule has 18 heavy (non-hydrogen) atoms. The van der Waals surface area contributed by atoms with Gasteiger partial charge in [-0.05, 0) is 24.9 Å². The Morgan fingerprint density at radius 2 is 2.22 bits per heavy atom. The van der Waals surface area contributed by atoms with Crippen molar-refractivity contribution in [1.82, 2.24) is 4.90 Å². The van der Waals surface area contributed by atoms with Crippen molar-refractivity contribution in [2.75, 3.05) is 18.9 Å². The zero-order valence-electron chi connectivity index (χ0n) is 10.8. The van der Waals surface area contributed by atoms with Gasteiger partial charge in [-0.25, -0.2) is 0 Å². The third-order valence-electron chi connectivity index (χ3n) is 3.42. The normalized spacial score (nSPS) is 14.8. The molecule has 0 aromatic heterocycles. The molecule has 0 saturated heterocycles. The molecule has 1 N–H and O–H groups in total. The molecule has 98 valence electrons. The fourth-order valence-electron chi connectivity index (χ4n) is 2.32. The molecule has 0 spiro atoms. The Morgan fingerprint density at radius 3 is 2.72 bits per heavy atom. The summed E-state index contributed by atoms with van der Waals surface area (Å²) in [5.74, 6) is 0. The van der Waals surface area contributed by atoms with Crippen LogP contribution in [0.15, 0.2) is 18.2 Å². The van der Waals surface area contributed by atoms with Crippen molar-refractivity contribution in [1.29, 1.82) is 0 Å². The Labute approximate surface area is 107 Å². The van der Waals surface area contributed by atoms with Crippen molar-refractivity contribution in [3.63, 3.8) is 0 Å². The van der Waals surface area contributed by atoms with Gasteiger partial charge in [0.05, 0.1) is 4.92 Å². The maximum atomic E-state index is 11.0. The number of nitrogens with zero attached hydrogens (tertiary/aromatic N) is 2. The summed E-state index contributed by atoms with van der Waals surface area (Å²) in [6.45, 7) is 3.89. The molecule has 0 aliphatic heterocycles. The Bertz CT molecular complexity index is 444. The minimum Gasteiger partial charge on any atom is -0.382 e. The van der Waals surface area contributed by atoms with Gasteiger partial charge < -0.3 is 5.32 Å². The number of hydrogen-bond donors (Lipinski definition) is 1. The molecule has 1 aliphatic rings. The highest BCUT2D eigenvalue weighted by Gasteiger charge is 2.28. The van der Waals surface area contributed by atoms with E-state index in [4.69, 9.17) is 0 Å². The van der Waals surface area contributed by atoms with E-state index in [0.29, 0.717) is 11.7 Å². The smallest absolute Gasteiger partial charge is 0.292 e. The molecule has 5 heteroatoms. The van der Waals surface area contributed by atoms with Crippen molar-refractivity contribution in [2.24, 2.45) is 0 Å². The van der Waals surface area contributed by atoms with Gasteiger partial charge in [0.15, 0.2) is 0 Å². The van der Waals surface area contributed by atoms with Crippen molar-refractivity contribution < 1.29 is 4.92 Å². The van der Waals surface area contributed by atoms with Crippen LogP contribution in [0.5, 0.6) is 0 Å². The molecule has 0 atom stereocenters. The molecule has 5 nitrogen and oxygen atoms in total. The lowest BCUT2D eigenvalue weighted by Crippen LogP contribution is -2.25. The van der Waals surface area contributed by atoms with E-state index in [1.807, 2.05) is 6.07 Å². The second-order valence-corrected chi connectivity index (χ2v) is 4.61. The molecule has 1 aromatic rings. The minimum atomic E-state index is -0.331. The lowest BCUT2D eigenvalue weighted by molar-refractivity contribution is -0.384. The second kappa shape index (κ2) is 5.35. The summed E-state index contributed by atoms with van der Waals surface area (Å²) in [4.78, 5) is 13.0. The van der Waals surface area contributed by atoms with E-state index in [2.05, 4.69) is 17.1 Å². The zero-order chi connectivity index (χ0) is 13.1. The number of rotatable bonds is 6. The van der Waals surface area contributed by atoms with Gasteiger partial charge in [0.1, 0.15) is 5.69 Å². The van der Waals surface area contributed by atoms with Gasteiger partial charge in [0.2, 0.25) is 0 Å². The number of nitro benzene ring substituents is 1. The molecule has 0 radical (unpaired) electrons. The number of nitro groups is 1. The van der Waals surface area contributed by atoms with E-state index in [9.17, 15) is 10.1 Å². The first-order chi connectivity index (χ1) is 8.67. The van der Waals surface area contributed by atoms with Crippen molar-refractivity contribution in [2.45, 2.75) is 32.4 Å². The topological polar surface area (TPSA) is 58.4 Å². The van der Waals surface area contributed by atoms with E-state index in [1.54, 1.807) is 19.2 Å². The van der Waals surface area contributed by atoms with Crippen molar-refractivity contribution >= 4 is 11.4 Å². The third kappa shape index (κ3) is 2.61. The van der Waals surface area contributed by atoms with Gasteiger partial charge in [-0.15, -0.1) is 0 Å². The van der Waals surface area contributed by atoms with E-state index >= 15 is 0 Å². The maximum Gasteiger partial charge on any atom is 0.292 e. The molecular formula is C13H19N3O2. The molecule has 0 unspecified atom stereocenters. The zero-order valence-corrected chi connectivity index (χ0v) is 10.8. The maximum absolute atomic E-state index is 11.0. The quantitative estimate of drug-likeness (QED) is 0.622. The highest BCUT2D eigenvalue weighted by Crippen LogP contribution is 2.32. The summed E-state index contributed by atoms with van der Waals surface area (Å²) in [5, 5.41) is 14.0. The first kappa shape index (κ1) is 12.8. The van der Waals surface area contributed by atoms with Gasteiger partial charge in [0, 0.05) is 25.7 Å². The number of benzene rings is 1. The lowest BCUT2D eigenvalue weighted by Gasteiger charge is -2.21. The van der Waals surface area contributed by atoms with E-state index in [0.717, 1.165) is 18.7 Å². The van der Waals surface area contributed by atoms with Crippen LogP contribution < -0.4 is 5.32 Å². The van der Waals surface area contributed by atoms with Gasteiger partial charge in [0.25, 0.3) is 5.69 Å². The number of anilines is 1. The summed E-state index contributed by atoms with van der Waals surface area (Å²) in [7, 11) is 1.74. The first-order valence-electron chi connectivity index (χ1n) is 6.35. The average molecular weight is 249 g/mol. The van der Waals surface area contributed by atoms with Crippen LogP contribution in [0.4, 0.5) is 11.4 Å². The monoisotopic (exact) mass is 249 g/mol. The molecule has 1 aliphatic carbocycles. The van der Waals surface area contributed by atoms with Crippen molar-refractivity contribution in [3.05, 3.63) is 33.9 Å². The van der Waals surface area contributed by atoms with Crippen LogP contribution >= 0.6 is 0 Å². The van der Waals surface area contributed by atoms with Gasteiger partial charge in [-0.2, -0.15) is 0 Å². The van der Waals surface area contributed by atoms with E-state index in [-0.39, 0.29) is 10.6 Å². The Hall–Kier alpha value is -1.62. The van der Waals surface area contributed by atoms with Crippen molar-refractivity contribution in [3.8, 4) is 0 Å². The minimum absolute atomic E-state index is 0.154. The molecule has 2 rings (SSSR count). The van der Waals surface area contributed by atoms with Gasteiger partial charge in [-0.1, -0.05) is 19.1 Å². The number of hydrogen-bond acceptors (Lipinski definition) is 4. The van der Waals surface area contributed by atoms with Crippen LogP contribution in [0.3, 0.4) is 0 Å². The largest absolute Gasteiger partial charge is 0.382 e. The van der Waals surface area contributed by atoms with Crippen LogP contribution in [-0.4, -0.2) is 29.5 Å². The molecule has 0 heterocycles. The molecule has 0 amide bonds. The summed E-state index contributed by atoms with van der Waals surface area (Å²) >= 11 is 0. The van der Waals surface area contributed by atoms with Crippen LogP contribution in [-0.2, 0) is 6.54 Å². The van der Waals surface area contributed by atoms with Crippen LogP contribution in [0.2, 0.25) is 0 Å². The van der Waals surface area contributed by atoms with Gasteiger partial charge in [-0.3, -0.25) is 15.0 Å². The molecule has 1 saturated carbocycles. The summed E-state index contributed by atoms with van der Waals surface area (Å²) in [6, 6.07) is 5.93. The molecule has 0 bridgehead atoms. The highest BCUT2D eigenvalue weighted by atomic mass is 16.6. The molecule has 1 aromatic carbocycles. The average Bonchev–Trinajstić information content (AvgIpc) is 3.19. The first-order valence-corrected chi connectivity index (χ1v) is 6.35. The van der Waals surface area contributed by atoms with E-state index in [1.165, 1.54) is 12.8 Å². The predicted molar refractivity (Wildman–Crippen MR) is 71.7 cm³/mol. The Balaban J connectivity index is 2.25. The number of nitrogens with one attached hydrogen (secondary N) is 1. The highest BCUT2D eigenvalue weighted by molar-refractivity contribution is 5.66. The van der Waals surface area contributed by atoms with Crippen LogP contribution in [0.25, 0.3) is 0 Å². The molecule has 1 fully saturated rings.